The molecule has 0 aromatic rings. The van der Waals surface area contributed by atoms with Crippen molar-refractivity contribution in [3.05, 3.63) is 0 Å². The first kappa shape index (κ1) is 23.0. The Morgan fingerprint density at radius 2 is 1.05 bits per heavy atom. The van der Waals surface area contributed by atoms with Gasteiger partial charge in [-0.1, -0.05) is 69.6 Å². The van der Waals surface area contributed by atoms with E-state index >= 15 is 0 Å². The van der Waals surface area contributed by atoms with Gasteiger partial charge in [0.2, 0.25) is 7.59 Å². The number of ether oxygens (including phenoxy) is 2. The monoisotopic (exact) mass is 496 g/mol. The smallest absolute Gasteiger partial charge is 0.347 e. The Morgan fingerprint density at radius 3 is 1.24 bits per heavy atom. The summed E-state index contributed by atoms with van der Waals surface area (Å²) in [5.74, 6) is -2.38. The van der Waals surface area contributed by atoms with Crippen LogP contribution in [0.1, 0.15) is 0 Å². The van der Waals surface area contributed by atoms with E-state index in [1.807, 2.05) is 0 Å². The number of carbonyl (C=O) groups is 2. The topological polar surface area (TPSA) is 52.6 Å². The maximum absolute atomic E-state index is 11.9. The van der Waals surface area contributed by atoms with Gasteiger partial charge in [0.05, 0.1) is 0 Å². The normalized spacial score (nSPS) is 13.0. The summed E-state index contributed by atoms with van der Waals surface area (Å²) in [6, 6.07) is 0. The molecule has 0 spiro atoms. The number of hydrogen-bond acceptors (Lipinski definition) is 6. The minimum Gasteiger partial charge on any atom is -0.459 e. The zero-order chi connectivity index (χ0) is 16.9. The molecule has 0 radical (unpaired) electrons. The molecule has 124 valence electrons. The lowest BCUT2D eigenvalue weighted by Gasteiger charge is -2.24. The highest BCUT2D eigenvalue weighted by Gasteiger charge is 2.52. The molecule has 0 atom stereocenters. The molecule has 4 nitrogen and oxygen atoms in total. The van der Waals surface area contributed by atoms with Crippen molar-refractivity contribution in [2.75, 3.05) is 13.2 Å². The second kappa shape index (κ2) is 9.44. The van der Waals surface area contributed by atoms with E-state index in [2.05, 4.69) is 9.47 Å². The van der Waals surface area contributed by atoms with Gasteiger partial charge in [-0.2, -0.15) is 0 Å². The van der Waals surface area contributed by atoms with Gasteiger partial charge in [0, 0.05) is 0 Å². The van der Waals surface area contributed by atoms with E-state index in [1.165, 1.54) is 0 Å². The third-order valence-corrected chi connectivity index (χ3v) is 5.68. The minimum absolute atomic E-state index is 0.230. The fourth-order valence-electron chi connectivity index (χ4n) is 0.706. The van der Waals surface area contributed by atoms with Crippen LogP contribution in [0.25, 0.3) is 0 Å². The van der Waals surface area contributed by atoms with Crippen LogP contribution in [0.15, 0.2) is 0 Å². The molecule has 0 aromatic carbocycles. The molecule has 0 fully saturated rings. The van der Waals surface area contributed by atoms with Gasteiger partial charge in [-0.25, -0.2) is 9.59 Å². The highest BCUT2D eigenvalue weighted by atomic mass is 35.7. The molecule has 0 bridgehead atoms. The second-order valence-electron chi connectivity index (χ2n) is 3.15. The maximum atomic E-state index is 11.9. The van der Waals surface area contributed by atoms with Gasteiger partial charge in [-0.3, -0.25) is 0 Å². The quantitative estimate of drug-likeness (QED) is 0.214. The molecule has 21 heavy (non-hydrogen) atoms. The standard InChI is InChI=1S/C7H4Cl8O4S2/c8-5(9,10)1-18-3(16)7(20-14,21-15)4(17)19-2-6(11,12)13/h1-2H2. The molecule has 0 unspecified atom stereocenters. The molecule has 0 N–H and O–H groups in total. The van der Waals surface area contributed by atoms with Crippen molar-refractivity contribution < 1.29 is 19.1 Å². The Labute approximate surface area is 167 Å². The number of rotatable bonds is 6. The Bertz CT molecular complexity index is 346. The molecule has 0 aliphatic rings. The zero-order valence-corrected chi connectivity index (χ0v) is 17.1. The van der Waals surface area contributed by atoms with Crippen molar-refractivity contribution in [1.82, 2.24) is 0 Å². The number of esters is 2. The molecule has 0 aromatic heterocycles. The van der Waals surface area contributed by atoms with Crippen molar-refractivity contribution in [2.45, 2.75) is 11.7 Å². The average molecular weight is 500 g/mol. The highest BCUT2D eigenvalue weighted by molar-refractivity contribution is 8.39. The minimum atomic E-state index is -2.17. The van der Waals surface area contributed by atoms with Crippen molar-refractivity contribution in [2.24, 2.45) is 0 Å². The summed E-state index contributed by atoms with van der Waals surface area (Å²) >= 11 is 32.5. The lowest BCUT2D eigenvalue weighted by Crippen LogP contribution is -2.43. The third-order valence-electron chi connectivity index (χ3n) is 1.49. The van der Waals surface area contributed by atoms with Gasteiger partial charge in [0.1, 0.15) is 13.2 Å². The van der Waals surface area contributed by atoms with Crippen LogP contribution in [0, 0.1) is 0 Å². The Kier molecular flexibility index (Phi) is 10.3. The predicted octanol–water partition coefficient (Wildman–Crippen LogP) is 5.28. The van der Waals surface area contributed by atoms with Crippen LogP contribution >= 0.6 is 113 Å². The molecule has 0 heterocycles. The summed E-state index contributed by atoms with van der Waals surface area (Å²) in [5.41, 5.74) is 0. The summed E-state index contributed by atoms with van der Waals surface area (Å²) in [5, 5.41) is 0. The summed E-state index contributed by atoms with van der Waals surface area (Å²) in [6.07, 6.45) is 0. The predicted molar refractivity (Wildman–Crippen MR) is 92.1 cm³/mol. The van der Waals surface area contributed by atoms with Crippen LogP contribution in [0.4, 0.5) is 0 Å². The van der Waals surface area contributed by atoms with Gasteiger partial charge in [0.25, 0.3) is 4.08 Å². The van der Waals surface area contributed by atoms with Crippen LogP contribution in [-0.2, 0) is 19.1 Å². The van der Waals surface area contributed by atoms with Crippen molar-refractivity contribution >= 4 is 125 Å². The zero-order valence-electron chi connectivity index (χ0n) is 9.39. The third kappa shape index (κ3) is 8.57. The fraction of sp³-hybridized carbons (Fsp3) is 0.714. The summed E-state index contributed by atoms with van der Waals surface area (Å²) < 4.78 is 3.40. The number of carbonyl (C=O) groups excluding carboxylic acids is 2. The Morgan fingerprint density at radius 1 is 0.762 bits per heavy atom. The van der Waals surface area contributed by atoms with Crippen molar-refractivity contribution in [1.29, 1.82) is 0 Å². The van der Waals surface area contributed by atoms with Crippen molar-refractivity contribution in [3.8, 4) is 0 Å². The van der Waals surface area contributed by atoms with Crippen LogP contribution in [-0.4, -0.2) is 36.8 Å². The van der Waals surface area contributed by atoms with E-state index in [0.29, 0.717) is 0 Å². The van der Waals surface area contributed by atoms with Gasteiger partial charge < -0.3 is 9.47 Å². The SMILES string of the molecule is O=C(OCC(Cl)(Cl)Cl)C(SCl)(SCl)C(=O)OCC(Cl)(Cl)Cl. The van der Waals surface area contributed by atoms with E-state index in [-0.39, 0.29) is 22.0 Å². The van der Waals surface area contributed by atoms with Crippen LogP contribution < -0.4 is 0 Å². The lowest BCUT2D eigenvalue weighted by atomic mass is 10.4. The highest BCUT2D eigenvalue weighted by Crippen LogP contribution is 2.45. The Hall–Kier alpha value is 1.96. The fourth-order valence-corrected chi connectivity index (χ4v) is 3.23. The first-order chi connectivity index (χ1) is 9.38. The van der Waals surface area contributed by atoms with E-state index < -0.39 is 36.8 Å². The molecule has 0 rings (SSSR count). The molecule has 0 amide bonds. The molecular weight excluding hydrogens is 496 g/mol. The summed E-state index contributed by atoms with van der Waals surface area (Å²) in [6.45, 7) is -1.27. The van der Waals surface area contributed by atoms with Gasteiger partial charge in [-0.05, 0) is 43.3 Å². The lowest BCUT2D eigenvalue weighted by molar-refractivity contribution is -0.154. The van der Waals surface area contributed by atoms with Gasteiger partial charge in [0.15, 0.2) is 0 Å². The van der Waals surface area contributed by atoms with Gasteiger partial charge >= 0.3 is 11.9 Å². The summed E-state index contributed by atoms with van der Waals surface area (Å²) in [4.78, 5) is 23.9. The van der Waals surface area contributed by atoms with Crippen LogP contribution in [0.3, 0.4) is 0 Å². The largest absolute Gasteiger partial charge is 0.459 e. The van der Waals surface area contributed by atoms with Crippen LogP contribution in [0.2, 0.25) is 0 Å². The molecule has 0 saturated carbocycles. The molecular formula is C7H4Cl8O4S2. The van der Waals surface area contributed by atoms with E-state index in [4.69, 9.17) is 91.0 Å². The summed E-state index contributed by atoms with van der Waals surface area (Å²) in [7, 11) is 11.5. The number of halogens is 8. The molecule has 14 heteroatoms. The van der Waals surface area contributed by atoms with Crippen molar-refractivity contribution in [3.63, 3.8) is 0 Å². The van der Waals surface area contributed by atoms with E-state index in [0.717, 1.165) is 0 Å². The van der Waals surface area contributed by atoms with Gasteiger partial charge in [-0.15, -0.1) is 0 Å². The average Bonchev–Trinajstić information content (AvgIpc) is 2.34. The number of alkyl halides is 6. The first-order valence-electron chi connectivity index (χ1n) is 4.45. The number of hydrogen-bond donors (Lipinski definition) is 0. The van der Waals surface area contributed by atoms with E-state index in [1.54, 1.807) is 0 Å². The Balaban J connectivity index is 4.97. The molecule has 0 aliphatic carbocycles. The first-order valence-corrected chi connectivity index (χ1v) is 10.0. The molecule has 0 saturated heterocycles. The second-order valence-corrected chi connectivity index (χ2v) is 10.9. The van der Waals surface area contributed by atoms with Crippen LogP contribution in [0.5, 0.6) is 0 Å². The maximum Gasteiger partial charge on any atom is 0.347 e. The molecule has 0 aliphatic heterocycles. The van der Waals surface area contributed by atoms with E-state index in [9.17, 15) is 9.59 Å².